The first-order chi connectivity index (χ1) is 11.2. The molecule has 0 aromatic heterocycles. The maximum Gasteiger partial charge on any atom is 0.121 e. The highest BCUT2D eigenvalue weighted by molar-refractivity contribution is 5.36. The normalized spacial score (nSPS) is 26.0. The van der Waals surface area contributed by atoms with Gasteiger partial charge in [0.15, 0.2) is 0 Å². The lowest BCUT2D eigenvalue weighted by atomic mass is 9.96. The number of hydrogen-bond donors (Lipinski definition) is 1. The minimum atomic E-state index is 0.316. The summed E-state index contributed by atoms with van der Waals surface area (Å²) in [7, 11) is 1.72. The predicted molar refractivity (Wildman–Crippen MR) is 92.7 cm³/mol. The summed E-state index contributed by atoms with van der Waals surface area (Å²) in [5.41, 5.74) is 2.53. The third-order valence-electron chi connectivity index (χ3n) is 5.44. The quantitative estimate of drug-likeness (QED) is 0.872. The molecule has 128 valence electrons. The van der Waals surface area contributed by atoms with Crippen molar-refractivity contribution in [2.75, 3.05) is 46.4 Å². The Balaban J connectivity index is 1.59. The fourth-order valence-corrected chi connectivity index (χ4v) is 4.17. The van der Waals surface area contributed by atoms with Crippen molar-refractivity contribution in [2.24, 2.45) is 11.8 Å². The van der Waals surface area contributed by atoms with Gasteiger partial charge >= 0.3 is 0 Å². The molecule has 23 heavy (non-hydrogen) atoms. The molecule has 1 aromatic carbocycles. The highest BCUT2D eigenvalue weighted by atomic mass is 16.5. The molecule has 2 atom stereocenters. The van der Waals surface area contributed by atoms with Crippen molar-refractivity contribution < 1.29 is 9.84 Å². The summed E-state index contributed by atoms with van der Waals surface area (Å²) in [4.78, 5) is 5.08. The number of aryl methyl sites for hydroxylation is 1. The van der Waals surface area contributed by atoms with E-state index in [1.807, 2.05) is 0 Å². The second-order valence-electron chi connectivity index (χ2n) is 7.21. The first-order valence-electron chi connectivity index (χ1n) is 8.88. The number of aliphatic hydroxyl groups is 1. The van der Waals surface area contributed by atoms with Crippen LogP contribution in [0.2, 0.25) is 0 Å². The van der Waals surface area contributed by atoms with Crippen molar-refractivity contribution in [1.29, 1.82) is 0 Å². The van der Waals surface area contributed by atoms with Crippen LogP contribution >= 0.6 is 0 Å². The maximum absolute atomic E-state index is 9.74. The van der Waals surface area contributed by atoms with E-state index in [9.17, 15) is 5.11 Å². The molecule has 4 heteroatoms. The van der Waals surface area contributed by atoms with Crippen molar-refractivity contribution >= 4 is 0 Å². The summed E-state index contributed by atoms with van der Waals surface area (Å²) in [6.45, 7) is 9.14. The molecule has 2 fully saturated rings. The number of nitrogens with zero attached hydrogens (tertiary/aromatic N) is 2. The molecule has 0 spiro atoms. The molecule has 4 nitrogen and oxygen atoms in total. The topological polar surface area (TPSA) is 35.9 Å². The van der Waals surface area contributed by atoms with Crippen LogP contribution in [0, 0.1) is 18.8 Å². The zero-order chi connectivity index (χ0) is 16.2. The third-order valence-corrected chi connectivity index (χ3v) is 5.44. The SMILES string of the molecule is COc1ccc(CN2C[C@@H](CN3CCCC3)[C@@H](CO)C2)cc1C. The van der Waals surface area contributed by atoms with Gasteiger partial charge < -0.3 is 14.7 Å². The number of aliphatic hydroxyl groups excluding tert-OH is 1. The second-order valence-corrected chi connectivity index (χ2v) is 7.21. The van der Waals surface area contributed by atoms with Gasteiger partial charge in [-0.2, -0.15) is 0 Å². The minimum Gasteiger partial charge on any atom is -0.496 e. The summed E-state index contributed by atoms with van der Waals surface area (Å²) < 4.78 is 5.34. The highest BCUT2D eigenvalue weighted by Crippen LogP contribution is 2.27. The van der Waals surface area contributed by atoms with E-state index in [0.717, 1.165) is 31.9 Å². The van der Waals surface area contributed by atoms with Crippen LogP contribution in [0.25, 0.3) is 0 Å². The van der Waals surface area contributed by atoms with Crippen LogP contribution < -0.4 is 4.74 Å². The number of ether oxygens (including phenoxy) is 1. The Morgan fingerprint density at radius 2 is 1.87 bits per heavy atom. The summed E-state index contributed by atoms with van der Waals surface area (Å²) in [5.74, 6) is 1.99. The Morgan fingerprint density at radius 1 is 1.13 bits per heavy atom. The lowest BCUT2D eigenvalue weighted by Crippen LogP contribution is -2.31. The molecule has 2 heterocycles. The van der Waals surface area contributed by atoms with Crippen LogP contribution in [-0.2, 0) is 6.54 Å². The monoisotopic (exact) mass is 318 g/mol. The Morgan fingerprint density at radius 3 is 2.52 bits per heavy atom. The van der Waals surface area contributed by atoms with Gasteiger partial charge in [-0.1, -0.05) is 12.1 Å². The van der Waals surface area contributed by atoms with E-state index in [1.165, 1.54) is 37.1 Å². The van der Waals surface area contributed by atoms with Gasteiger partial charge in [-0.25, -0.2) is 0 Å². The lowest BCUT2D eigenvalue weighted by molar-refractivity contribution is 0.175. The largest absolute Gasteiger partial charge is 0.496 e. The average molecular weight is 318 g/mol. The summed E-state index contributed by atoms with van der Waals surface area (Å²) >= 11 is 0. The highest BCUT2D eigenvalue weighted by Gasteiger charge is 2.33. The van der Waals surface area contributed by atoms with Crippen molar-refractivity contribution in [3.8, 4) is 5.75 Å². The van der Waals surface area contributed by atoms with E-state index in [0.29, 0.717) is 18.4 Å². The van der Waals surface area contributed by atoms with Gasteiger partial charge in [0, 0.05) is 32.8 Å². The second kappa shape index (κ2) is 7.65. The van der Waals surface area contributed by atoms with Crippen LogP contribution in [0.3, 0.4) is 0 Å². The molecular weight excluding hydrogens is 288 g/mol. The molecule has 0 saturated carbocycles. The van der Waals surface area contributed by atoms with E-state index in [1.54, 1.807) is 7.11 Å². The molecule has 2 aliphatic heterocycles. The van der Waals surface area contributed by atoms with E-state index >= 15 is 0 Å². The first kappa shape index (κ1) is 16.7. The Bertz CT molecular complexity index is 514. The summed E-state index contributed by atoms with van der Waals surface area (Å²) in [6, 6.07) is 6.44. The summed E-state index contributed by atoms with van der Waals surface area (Å²) in [5, 5.41) is 9.74. The first-order valence-corrected chi connectivity index (χ1v) is 8.88. The fraction of sp³-hybridized carbons (Fsp3) is 0.684. The van der Waals surface area contributed by atoms with Gasteiger partial charge in [0.2, 0.25) is 0 Å². The molecule has 0 aliphatic carbocycles. The molecule has 2 saturated heterocycles. The van der Waals surface area contributed by atoms with Crippen LogP contribution in [0.15, 0.2) is 18.2 Å². The van der Waals surface area contributed by atoms with E-state index in [2.05, 4.69) is 34.9 Å². The van der Waals surface area contributed by atoms with E-state index in [-0.39, 0.29) is 0 Å². The van der Waals surface area contributed by atoms with Gasteiger partial charge in [0.1, 0.15) is 5.75 Å². The standard InChI is InChI=1S/C19H30N2O2/c1-15-9-16(5-6-19(15)23-2)10-21-12-17(18(13-21)14-22)11-20-7-3-4-8-20/h5-6,9,17-18,22H,3-4,7-8,10-14H2,1-2H3/t17-,18-/m1/s1. The molecule has 0 unspecified atom stereocenters. The van der Waals surface area contributed by atoms with Crippen LogP contribution in [-0.4, -0.2) is 61.3 Å². The van der Waals surface area contributed by atoms with Gasteiger partial charge in [0.25, 0.3) is 0 Å². The zero-order valence-corrected chi connectivity index (χ0v) is 14.5. The minimum absolute atomic E-state index is 0.316. The predicted octanol–water partition coefficient (Wildman–Crippen LogP) is 2.14. The van der Waals surface area contributed by atoms with Crippen LogP contribution in [0.1, 0.15) is 24.0 Å². The zero-order valence-electron chi connectivity index (χ0n) is 14.5. The molecule has 0 bridgehead atoms. The van der Waals surface area contributed by atoms with Gasteiger partial charge in [-0.05, 0) is 61.9 Å². The number of rotatable bonds is 6. The van der Waals surface area contributed by atoms with Crippen molar-refractivity contribution in [3.05, 3.63) is 29.3 Å². The number of benzene rings is 1. The fourth-order valence-electron chi connectivity index (χ4n) is 4.17. The molecule has 2 aliphatic rings. The molecular formula is C19H30N2O2. The number of likely N-dealkylation sites (tertiary alicyclic amines) is 2. The van der Waals surface area contributed by atoms with Crippen LogP contribution in [0.5, 0.6) is 5.75 Å². The molecule has 1 aromatic rings. The average Bonchev–Trinajstić information content (AvgIpc) is 3.18. The Kier molecular flexibility index (Phi) is 5.57. The van der Waals surface area contributed by atoms with E-state index in [4.69, 9.17) is 4.74 Å². The molecule has 1 N–H and O–H groups in total. The van der Waals surface area contributed by atoms with Crippen molar-refractivity contribution in [1.82, 2.24) is 9.80 Å². The molecule has 3 rings (SSSR count). The smallest absolute Gasteiger partial charge is 0.121 e. The van der Waals surface area contributed by atoms with Gasteiger partial charge in [-0.15, -0.1) is 0 Å². The van der Waals surface area contributed by atoms with Crippen molar-refractivity contribution in [3.63, 3.8) is 0 Å². The number of methoxy groups -OCH3 is 1. The maximum atomic E-state index is 9.74. The number of hydrogen-bond acceptors (Lipinski definition) is 4. The van der Waals surface area contributed by atoms with Crippen LogP contribution in [0.4, 0.5) is 0 Å². The molecule has 0 amide bonds. The van der Waals surface area contributed by atoms with Gasteiger partial charge in [-0.3, -0.25) is 4.90 Å². The third kappa shape index (κ3) is 4.06. The Hall–Kier alpha value is -1.10. The van der Waals surface area contributed by atoms with E-state index < -0.39 is 0 Å². The van der Waals surface area contributed by atoms with Crippen molar-refractivity contribution in [2.45, 2.75) is 26.3 Å². The van der Waals surface area contributed by atoms with Gasteiger partial charge in [0.05, 0.1) is 7.11 Å². The molecule has 0 radical (unpaired) electrons. The summed E-state index contributed by atoms with van der Waals surface area (Å²) in [6.07, 6.45) is 2.68. The lowest BCUT2D eigenvalue weighted by Gasteiger charge is -2.23. The Labute approximate surface area is 140 Å².